The first kappa shape index (κ1) is 13.8. The van der Waals surface area contributed by atoms with Crippen molar-refractivity contribution >= 4 is 5.91 Å². The maximum absolute atomic E-state index is 13.0. The number of benzene rings is 1. The molecule has 21 heavy (non-hydrogen) atoms. The summed E-state index contributed by atoms with van der Waals surface area (Å²) in [6.07, 6.45) is 3.68. The summed E-state index contributed by atoms with van der Waals surface area (Å²) in [4.78, 5) is 14.4. The van der Waals surface area contributed by atoms with Gasteiger partial charge in [-0.3, -0.25) is 9.48 Å². The number of hydrogen-bond donors (Lipinski definition) is 0. The zero-order chi connectivity index (χ0) is 14.8. The lowest BCUT2D eigenvalue weighted by molar-refractivity contribution is 0.0728. The van der Waals surface area contributed by atoms with Gasteiger partial charge < -0.3 is 4.90 Å². The summed E-state index contributed by atoms with van der Waals surface area (Å²) in [5, 5.41) is 4.28. The first-order valence-corrected chi connectivity index (χ1v) is 7.29. The van der Waals surface area contributed by atoms with E-state index in [2.05, 4.69) is 5.10 Å². The van der Waals surface area contributed by atoms with E-state index in [9.17, 15) is 9.18 Å². The van der Waals surface area contributed by atoms with Crippen molar-refractivity contribution in [3.05, 3.63) is 53.6 Å². The Labute approximate surface area is 123 Å². The molecule has 0 aliphatic carbocycles. The summed E-state index contributed by atoms with van der Waals surface area (Å²) in [6, 6.07) is 8.19. The first-order chi connectivity index (χ1) is 10.2. The van der Waals surface area contributed by atoms with E-state index in [1.807, 2.05) is 18.0 Å². The Balaban J connectivity index is 1.83. The molecule has 0 spiro atoms. The molecule has 1 saturated heterocycles. The number of carbonyl (C=O) groups is 1. The zero-order valence-electron chi connectivity index (χ0n) is 12.0. The summed E-state index contributed by atoms with van der Waals surface area (Å²) >= 11 is 0. The molecule has 1 unspecified atom stereocenters. The van der Waals surface area contributed by atoms with Gasteiger partial charge in [0.25, 0.3) is 5.91 Å². The van der Waals surface area contributed by atoms with Crippen molar-refractivity contribution < 1.29 is 9.18 Å². The molecule has 1 fully saturated rings. The van der Waals surface area contributed by atoms with E-state index in [1.165, 1.54) is 12.1 Å². The minimum absolute atomic E-state index is 0.0184. The van der Waals surface area contributed by atoms with Gasteiger partial charge in [-0.2, -0.15) is 5.10 Å². The molecule has 2 aromatic rings. The molecule has 1 aliphatic heterocycles. The van der Waals surface area contributed by atoms with Crippen LogP contribution in [-0.2, 0) is 6.54 Å². The van der Waals surface area contributed by atoms with Gasteiger partial charge in [-0.15, -0.1) is 0 Å². The number of amides is 1. The molecule has 1 aromatic carbocycles. The second-order valence-electron chi connectivity index (χ2n) is 5.26. The largest absolute Gasteiger partial charge is 0.330 e. The lowest BCUT2D eigenvalue weighted by atomic mass is 10.0. The normalized spacial score (nSPS) is 18.2. The molecule has 110 valence electrons. The average molecular weight is 287 g/mol. The summed E-state index contributed by atoms with van der Waals surface area (Å²) in [5.74, 6) is -0.301. The Hall–Kier alpha value is -2.17. The number of hydrogen-bond acceptors (Lipinski definition) is 2. The Morgan fingerprint density at radius 2 is 2.10 bits per heavy atom. The molecular formula is C16H18FN3O. The number of rotatable bonds is 3. The summed E-state index contributed by atoms with van der Waals surface area (Å²) in [7, 11) is 0. The van der Waals surface area contributed by atoms with Crippen molar-refractivity contribution in [1.29, 1.82) is 0 Å². The fourth-order valence-corrected chi connectivity index (χ4v) is 2.84. The quantitative estimate of drug-likeness (QED) is 0.870. The highest BCUT2D eigenvalue weighted by Gasteiger charge is 2.31. The van der Waals surface area contributed by atoms with E-state index in [1.54, 1.807) is 22.9 Å². The standard InChI is InChI=1S/C16H18FN3O/c1-2-19-11-9-14(18-19)16(21)20-10-3-4-15(20)12-5-7-13(17)8-6-12/h5-9,11,15H,2-4,10H2,1H3. The minimum atomic E-state index is -0.253. The zero-order valence-corrected chi connectivity index (χ0v) is 12.0. The Morgan fingerprint density at radius 3 is 2.76 bits per heavy atom. The van der Waals surface area contributed by atoms with Crippen LogP contribution in [0.3, 0.4) is 0 Å². The fourth-order valence-electron chi connectivity index (χ4n) is 2.84. The lowest BCUT2D eigenvalue weighted by Crippen LogP contribution is -2.31. The summed E-state index contributed by atoms with van der Waals surface area (Å²) in [6.45, 7) is 3.45. The number of aryl methyl sites for hydroxylation is 1. The van der Waals surface area contributed by atoms with Crippen LogP contribution in [0.4, 0.5) is 4.39 Å². The number of carbonyl (C=O) groups excluding carboxylic acids is 1. The third-order valence-electron chi connectivity index (χ3n) is 3.95. The molecule has 1 aliphatic rings. The number of nitrogens with zero attached hydrogens (tertiary/aromatic N) is 3. The van der Waals surface area contributed by atoms with Gasteiger partial charge in [-0.1, -0.05) is 12.1 Å². The van der Waals surface area contributed by atoms with Crippen LogP contribution in [-0.4, -0.2) is 27.1 Å². The van der Waals surface area contributed by atoms with E-state index in [-0.39, 0.29) is 17.8 Å². The molecule has 5 heteroatoms. The van der Waals surface area contributed by atoms with Crippen LogP contribution in [0.1, 0.15) is 41.9 Å². The van der Waals surface area contributed by atoms with Gasteiger partial charge in [0.2, 0.25) is 0 Å². The minimum Gasteiger partial charge on any atom is -0.330 e. The van der Waals surface area contributed by atoms with Gasteiger partial charge in [-0.05, 0) is 43.5 Å². The van der Waals surface area contributed by atoms with Crippen LogP contribution < -0.4 is 0 Å². The average Bonchev–Trinajstić information content (AvgIpc) is 3.16. The van der Waals surface area contributed by atoms with E-state index in [0.29, 0.717) is 5.69 Å². The SMILES string of the molecule is CCn1ccc(C(=O)N2CCCC2c2ccc(F)cc2)n1. The van der Waals surface area contributed by atoms with Crippen molar-refractivity contribution in [2.75, 3.05) is 6.54 Å². The molecule has 4 nitrogen and oxygen atoms in total. The van der Waals surface area contributed by atoms with Crippen LogP contribution in [0, 0.1) is 5.82 Å². The van der Waals surface area contributed by atoms with Crippen LogP contribution in [0.2, 0.25) is 0 Å². The van der Waals surface area contributed by atoms with E-state index in [0.717, 1.165) is 31.5 Å². The summed E-state index contributed by atoms with van der Waals surface area (Å²) in [5.41, 5.74) is 1.46. The number of aromatic nitrogens is 2. The Morgan fingerprint density at radius 1 is 1.33 bits per heavy atom. The topological polar surface area (TPSA) is 38.1 Å². The maximum Gasteiger partial charge on any atom is 0.274 e. The molecule has 1 aromatic heterocycles. The molecule has 0 radical (unpaired) electrons. The summed E-state index contributed by atoms with van der Waals surface area (Å²) < 4.78 is 14.8. The highest BCUT2D eigenvalue weighted by atomic mass is 19.1. The van der Waals surface area contributed by atoms with Crippen LogP contribution in [0.5, 0.6) is 0 Å². The van der Waals surface area contributed by atoms with Crippen molar-refractivity contribution in [3.8, 4) is 0 Å². The van der Waals surface area contributed by atoms with E-state index in [4.69, 9.17) is 0 Å². The van der Waals surface area contributed by atoms with Crippen molar-refractivity contribution in [2.45, 2.75) is 32.4 Å². The van der Waals surface area contributed by atoms with Crippen LogP contribution >= 0.6 is 0 Å². The maximum atomic E-state index is 13.0. The third kappa shape index (κ3) is 2.68. The molecule has 0 bridgehead atoms. The van der Waals surface area contributed by atoms with Gasteiger partial charge in [0.05, 0.1) is 6.04 Å². The smallest absolute Gasteiger partial charge is 0.274 e. The first-order valence-electron chi connectivity index (χ1n) is 7.29. The monoisotopic (exact) mass is 287 g/mol. The fraction of sp³-hybridized carbons (Fsp3) is 0.375. The van der Waals surface area contributed by atoms with Crippen LogP contribution in [0.25, 0.3) is 0 Å². The van der Waals surface area contributed by atoms with Crippen LogP contribution in [0.15, 0.2) is 36.5 Å². The van der Waals surface area contributed by atoms with Gasteiger partial charge in [0, 0.05) is 19.3 Å². The molecular weight excluding hydrogens is 269 g/mol. The molecule has 1 amide bonds. The van der Waals surface area contributed by atoms with Crippen molar-refractivity contribution in [3.63, 3.8) is 0 Å². The molecule has 1 atom stereocenters. The molecule has 0 saturated carbocycles. The predicted octanol–water partition coefficient (Wildman–Crippen LogP) is 3.02. The van der Waals surface area contributed by atoms with Gasteiger partial charge in [0.15, 0.2) is 0 Å². The van der Waals surface area contributed by atoms with Crippen molar-refractivity contribution in [1.82, 2.24) is 14.7 Å². The van der Waals surface area contributed by atoms with Crippen molar-refractivity contribution in [2.24, 2.45) is 0 Å². The number of likely N-dealkylation sites (tertiary alicyclic amines) is 1. The molecule has 0 N–H and O–H groups in total. The second-order valence-corrected chi connectivity index (χ2v) is 5.26. The molecule has 2 heterocycles. The number of halogens is 1. The van der Waals surface area contributed by atoms with E-state index < -0.39 is 0 Å². The lowest BCUT2D eigenvalue weighted by Gasteiger charge is -2.24. The van der Waals surface area contributed by atoms with Gasteiger partial charge >= 0.3 is 0 Å². The van der Waals surface area contributed by atoms with E-state index >= 15 is 0 Å². The third-order valence-corrected chi connectivity index (χ3v) is 3.95. The predicted molar refractivity (Wildman–Crippen MR) is 77.3 cm³/mol. The highest BCUT2D eigenvalue weighted by Crippen LogP contribution is 2.32. The van der Waals surface area contributed by atoms with Gasteiger partial charge in [-0.25, -0.2) is 4.39 Å². The van der Waals surface area contributed by atoms with Gasteiger partial charge in [0.1, 0.15) is 11.5 Å². The second kappa shape index (κ2) is 5.68. The Kier molecular flexibility index (Phi) is 3.73. The highest BCUT2D eigenvalue weighted by molar-refractivity contribution is 5.92. The Bertz CT molecular complexity index is 635. The molecule has 3 rings (SSSR count).